The molecule has 0 fully saturated rings. The summed E-state index contributed by atoms with van der Waals surface area (Å²) in [5.41, 5.74) is 7.43. The Hall–Kier alpha value is -3.28. The molecule has 0 saturated carbocycles. The summed E-state index contributed by atoms with van der Waals surface area (Å²) in [5.74, 6) is 0.545. The zero-order chi connectivity index (χ0) is 18.9. The van der Waals surface area contributed by atoms with Gasteiger partial charge in [0.1, 0.15) is 11.4 Å². The summed E-state index contributed by atoms with van der Waals surface area (Å²) in [6, 6.07) is 12.8. The van der Waals surface area contributed by atoms with Crippen LogP contribution in [0.3, 0.4) is 0 Å². The van der Waals surface area contributed by atoms with Crippen molar-refractivity contribution < 1.29 is 0 Å². The molecule has 28 heavy (non-hydrogen) atoms. The highest BCUT2D eigenvalue weighted by Gasteiger charge is 2.20. The number of fused-ring (bicyclic) bond motifs is 1. The predicted molar refractivity (Wildman–Crippen MR) is 108 cm³/mol. The van der Waals surface area contributed by atoms with Crippen LogP contribution in [0.5, 0.6) is 0 Å². The number of hydrogen-bond donors (Lipinski definition) is 1. The number of benzene rings is 1. The van der Waals surface area contributed by atoms with Crippen molar-refractivity contribution >= 4 is 0 Å². The van der Waals surface area contributed by atoms with Crippen molar-refractivity contribution in [3.05, 3.63) is 71.9 Å². The minimum absolute atomic E-state index is 0.545. The lowest BCUT2D eigenvalue weighted by atomic mass is 9.83. The summed E-state index contributed by atoms with van der Waals surface area (Å²) < 4.78 is 2.19. The van der Waals surface area contributed by atoms with Crippen LogP contribution >= 0.6 is 0 Å². The Morgan fingerprint density at radius 3 is 2.93 bits per heavy atom. The molecule has 0 unspecified atom stereocenters. The van der Waals surface area contributed by atoms with Gasteiger partial charge in [-0.05, 0) is 49.4 Å². The van der Waals surface area contributed by atoms with Crippen molar-refractivity contribution in [3.8, 4) is 22.6 Å². The number of nitrogens with one attached hydrogen (secondary N) is 1. The Kier molecular flexibility index (Phi) is 4.24. The van der Waals surface area contributed by atoms with E-state index >= 15 is 0 Å². The number of rotatable bonds is 4. The van der Waals surface area contributed by atoms with Crippen LogP contribution in [-0.2, 0) is 13.0 Å². The topological polar surface area (TPSA) is 72.3 Å². The van der Waals surface area contributed by atoms with E-state index in [1.807, 2.05) is 25.4 Å². The maximum absolute atomic E-state index is 4.61. The van der Waals surface area contributed by atoms with Crippen LogP contribution in [0.25, 0.3) is 22.6 Å². The second kappa shape index (κ2) is 7.03. The second-order valence-electron chi connectivity index (χ2n) is 7.43. The molecule has 6 nitrogen and oxygen atoms in total. The zero-order valence-electron chi connectivity index (χ0n) is 15.8. The Morgan fingerprint density at radius 2 is 2.04 bits per heavy atom. The molecule has 0 bridgehead atoms. The number of hydrogen-bond acceptors (Lipinski definition) is 4. The van der Waals surface area contributed by atoms with Gasteiger partial charge in [0, 0.05) is 30.4 Å². The molecular weight excluding hydrogens is 348 g/mol. The summed E-state index contributed by atoms with van der Waals surface area (Å²) >= 11 is 0. The third-order valence-corrected chi connectivity index (χ3v) is 5.58. The third kappa shape index (κ3) is 3.11. The molecule has 0 radical (unpaired) electrons. The minimum atomic E-state index is 0.545. The highest BCUT2D eigenvalue weighted by Crippen LogP contribution is 2.33. The number of aromatic amines is 1. The maximum atomic E-state index is 4.61. The molecule has 0 aliphatic heterocycles. The van der Waals surface area contributed by atoms with Gasteiger partial charge >= 0.3 is 0 Å². The Labute approximate surface area is 163 Å². The van der Waals surface area contributed by atoms with Crippen LogP contribution in [0.2, 0.25) is 0 Å². The Morgan fingerprint density at radius 1 is 1.11 bits per heavy atom. The number of pyridine rings is 1. The van der Waals surface area contributed by atoms with Gasteiger partial charge < -0.3 is 4.57 Å². The first-order valence-electron chi connectivity index (χ1n) is 9.71. The standard InChI is InChI=1S/C22H22N6/c1-15-22(26-27-25-15)17-9-10-23-20(11-17)21-13-28(14-24-21)12-18-7-4-6-16-5-2-3-8-19(16)18/h2-3,5,8-11,13-14,18H,4,6-7,12H2,1H3,(H,25,26,27)/t18-/m0/s1. The van der Waals surface area contributed by atoms with E-state index < -0.39 is 0 Å². The lowest BCUT2D eigenvalue weighted by Gasteiger charge is -2.25. The van der Waals surface area contributed by atoms with E-state index in [9.17, 15) is 0 Å². The van der Waals surface area contributed by atoms with Gasteiger partial charge in [-0.2, -0.15) is 15.4 Å². The van der Waals surface area contributed by atoms with E-state index in [4.69, 9.17) is 0 Å². The van der Waals surface area contributed by atoms with E-state index in [0.29, 0.717) is 5.92 Å². The van der Waals surface area contributed by atoms with Gasteiger partial charge in [0.25, 0.3) is 0 Å². The molecule has 6 heteroatoms. The average molecular weight is 370 g/mol. The van der Waals surface area contributed by atoms with Crippen molar-refractivity contribution in [2.45, 2.75) is 38.6 Å². The van der Waals surface area contributed by atoms with Crippen LogP contribution in [0.4, 0.5) is 0 Å². The van der Waals surface area contributed by atoms with Crippen LogP contribution in [0.1, 0.15) is 35.6 Å². The molecule has 1 atom stereocenters. The van der Waals surface area contributed by atoms with Crippen molar-refractivity contribution in [2.75, 3.05) is 0 Å². The molecule has 5 rings (SSSR count). The van der Waals surface area contributed by atoms with Crippen LogP contribution in [0, 0.1) is 6.92 Å². The van der Waals surface area contributed by atoms with Gasteiger partial charge in [-0.3, -0.25) is 4.98 Å². The fraction of sp³-hybridized carbons (Fsp3) is 0.273. The number of nitrogens with zero attached hydrogens (tertiary/aromatic N) is 5. The van der Waals surface area contributed by atoms with Crippen LogP contribution in [0.15, 0.2) is 55.1 Å². The Bertz CT molecular complexity index is 1110. The maximum Gasteiger partial charge on any atom is 0.115 e. The van der Waals surface area contributed by atoms with Gasteiger partial charge in [0.2, 0.25) is 0 Å². The highest BCUT2D eigenvalue weighted by atomic mass is 15.3. The fourth-order valence-corrected chi connectivity index (χ4v) is 4.17. The molecule has 3 heterocycles. The summed E-state index contributed by atoms with van der Waals surface area (Å²) in [6.07, 6.45) is 9.49. The fourth-order valence-electron chi connectivity index (χ4n) is 4.17. The average Bonchev–Trinajstić information content (AvgIpc) is 3.37. The lowest BCUT2D eigenvalue weighted by molar-refractivity contribution is 0.483. The minimum Gasteiger partial charge on any atom is -0.336 e. The first-order chi connectivity index (χ1) is 13.8. The summed E-state index contributed by atoms with van der Waals surface area (Å²) in [4.78, 5) is 9.12. The van der Waals surface area contributed by atoms with Gasteiger partial charge in [0.15, 0.2) is 0 Å². The van der Waals surface area contributed by atoms with E-state index in [0.717, 1.165) is 34.9 Å². The van der Waals surface area contributed by atoms with Gasteiger partial charge in [-0.25, -0.2) is 4.98 Å². The summed E-state index contributed by atoms with van der Waals surface area (Å²) in [7, 11) is 0. The van der Waals surface area contributed by atoms with E-state index in [1.54, 1.807) is 6.20 Å². The van der Waals surface area contributed by atoms with Crippen LogP contribution < -0.4 is 0 Å². The molecule has 1 aromatic carbocycles. The smallest absolute Gasteiger partial charge is 0.115 e. The van der Waals surface area contributed by atoms with E-state index in [2.05, 4.69) is 60.4 Å². The van der Waals surface area contributed by atoms with Crippen molar-refractivity contribution in [3.63, 3.8) is 0 Å². The molecular formula is C22H22N6. The molecule has 1 aliphatic rings. The molecule has 0 spiro atoms. The largest absolute Gasteiger partial charge is 0.336 e. The van der Waals surface area contributed by atoms with E-state index in [-0.39, 0.29) is 0 Å². The molecule has 140 valence electrons. The quantitative estimate of drug-likeness (QED) is 0.585. The first kappa shape index (κ1) is 16.9. The number of imidazole rings is 1. The second-order valence-corrected chi connectivity index (χ2v) is 7.43. The molecule has 0 amide bonds. The van der Waals surface area contributed by atoms with Gasteiger partial charge in [0.05, 0.1) is 17.7 Å². The first-order valence-corrected chi connectivity index (χ1v) is 9.71. The van der Waals surface area contributed by atoms with Crippen LogP contribution in [-0.4, -0.2) is 29.9 Å². The number of H-pyrrole nitrogens is 1. The predicted octanol–water partition coefficient (Wildman–Crippen LogP) is 4.16. The Balaban J connectivity index is 1.40. The summed E-state index contributed by atoms with van der Waals surface area (Å²) in [6.45, 7) is 2.89. The van der Waals surface area contributed by atoms with Crippen molar-refractivity contribution in [2.24, 2.45) is 0 Å². The molecule has 4 aromatic rings. The number of aromatic nitrogens is 6. The third-order valence-electron chi connectivity index (χ3n) is 5.58. The molecule has 1 N–H and O–H groups in total. The normalized spacial score (nSPS) is 16.1. The SMILES string of the molecule is Cc1n[nH]nc1-c1ccnc(-c2cn(C[C@@H]3CCCc4ccccc43)cn2)c1. The molecule has 3 aromatic heterocycles. The number of aryl methyl sites for hydroxylation is 2. The lowest BCUT2D eigenvalue weighted by Crippen LogP contribution is -2.14. The van der Waals surface area contributed by atoms with Crippen molar-refractivity contribution in [1.82, 2.24) is 29.9 Å². The van der Waals surface area contributed by atoms with Gasteiger partial charge in [-0.1, -0.05) is 24.3 Å². The van der Waals surface area contributed by atoms with E-state index in [1.165, 1.54) is 30.4 Å². The summed E-state index contributed by atoms with van der Waals surface area (Å²) in [5, 5.41) is 11.0. The highest BCUT2D eigenvalue weighted by molar-refractivity contribution is 5.67. The van der Waals surface area contributed by atoms with Gasteiger partial charge in [-0.15, -0.1) is 0 Å². The zero-order valence-corrected chi connectivity index (χ0v) is 15.8. The molecule has 0 saturated heterocycles. The van der Waals surface area contributed by atoms with Crippen molar-refractivity contribution in [1.29, 1.82) is 0 Å². The monoisotopic (exact) mass is 370 g/mol. The molecule has 1 aliphatic carbocycles.